The number of hydrogen-bond donors (Lipinski definition) is 1. The molecule has 0 aliphatic heterocycles. The second kappa shape index (κ2) is 6.21. The maximum Gasteiger partial charge on any atom is 0.320 e. The number of likely N-dealkylation sites (N-methyl/N-ethyl adjacent to an activating group) is 1. The summed E-state index contributed by atoms with van der Waals surface area (Å²) in [5, 5.41) is 0. The van der Waals surface area contributed by atoms with Crippen LogP contribution in [0.1, 0.15) is 33.1 Å². The molecule has 2 unspecified atom stereocenters. The number of esters is 1. The van der Waals surface area contributed by atoms with Crippen LogP contribution in [0.15, 0.2) is 0 Å². The number of nitrogens with two attached hydrogens (primary N) is 1. The summed E-state index contributed by atoms with van der Waals surface area (Å²) in [5.41, 5.74) is 5.73. The van der Waals surface area contributed by atoms with E-state index in [-0.39, 0.29) is 12.1 Å². The Morgan fingerprint density at radius 3 is 2.75 bits per heavy atom. The van der Waals surface area contributed by atoms with Gasteiger partial charge >= 0.3 is 5.97 Å². The third kappa shape index (κ3) is 3.76. The fourth-order valence-corrected chi connectivity index (χ4v) is 2.49. The van der Waals surface area contributed by atoms with Crippen LogP contribution in [0.3, 0.4) is 0 Å². The van der Waals surface area contributed by atoms with Gasteiger partial charge in [-0.15, -0.1) is 0 Å². The summed E-state index contributed by atoms with van der Waals surface area (Å²) in [6.45, 7) is 4.83. The molecule has 0 amide bonds. The van der Waals surface area contributed by atoms with E-state index in [0.29, 0.717) is 25.0 Å². The largest absolute Gasteiger partial charge is 0.462 e. The Hall–Kier alpha value is -0.610. The van der Waals surface area contributed by atoms with Crippen molar-refractivity contribution in [1.82, 2.24) is 4.90 Å². The van der Waals surface area contributed by atoms with Crippen LogP contribution in [0.2, 0.25) is 0 Å². The van der Waals surface area contributed by atoms with E-state index < -0.39 is 0 Å². The molecule has 0 radical (unpaired) electrons. The zero-order chi connectivity index (χ0) is 12.1. The molecule has 4 nitrogen and oxygen atoms in total. The zero-order valence-corrected chi connectivity index (χ0v) is 10.6. The van der Waals surface area contributed by atoms with Crippen molar-refractivity contribution in [1.29, 1.82) is 0 Å². The van der Waals surface area contributed by atoms with Gasteiger partial charge < -0.3 is 10.5 Å². The van der Waals surface area contributed by atoms with Crippen molar-refractivity contribution >= 4 is 5.97 Å². The van der Waals surface area contributed by atoms with E-state index in [2.05, 4.69) is 4.90 Å². The van der Waals surface area contributed by atoms with E-state index in [0.717, 1.165) is 6.42 Å². The van der Waals surface area contributed by atoms with Crippen LogP contribution in [-0.2, 0) is 9.53 Å². The Bertz CT molecular complexity index is 231. The first-order chi connectivity index (χ1) is 7.54. The van der Waals surface area contributed by atoms with Crippen LogP contribution >= 0.6 is 0 Å². The van der Waals surface area contributed by atoms with Gasteiger partial charge in [-0.1, -0.05) is 6.42 Å². The summed E-state index contributed by atoms with van der Waals surface area (Å²) >= 11 is 0. The van der Waals surface area contributed by atoms with Gasteiger partial charge in [0, 0.05) is 6.04 Å². The van der Waals surface area contributed by atoms with Gasteiger partial charge in [0.15, 0.2) is 0 Å². The second-order valence-electron chi connectivity index (χ2n) is 4.95. The molecular formula is C12H24N2O2. The van der Waals surface area contributed by atoms with Crippen LogP contribution in [0, 0.1) is 5.92 Å². The number of rotatable bonds is 5. The van der Waals surface area contributed by atoms with Crippen molar-refractivity contribution in [3.05, 3.63) is 0 Å². The molecule has 1 rings (SSSR count). The highest BCUT2D eigenvalue weighted by molar-refractivity contribution is 5.71. The molecule has 0 spiro atoms. The molecular weight excluding hydrogens is 204 g/mol. The van der Waals surface area contributed by atoms with Gasteiger partial charge in [-0.3, -0.25) is 9.69 Å². The molecule has 1 aliphatic carbocycles. The maximum absolute atomic E-state index is 11.5. The molecule has 1 fully saturated rings. The summed E-state index contributed by atoms with van der Waals surface area (Å²) in [6, 6.07) is 0.449. The first kappa shape index (κ1) is 13.5. The fourth-order valence-electron chi connectivity index (χ4n) is 2.49. The zero-order valence-electron chi connectivity index (χ0n) is 10.6. The van der Waals surface area contributed by atoms with E-state index in [1.165, 1.54) is 12.8 Å². The molecule has 16 heavy (non-hydrogen) atoms. The van der Waals surface area contributed by atoms with Gasteiger partial charge in [0.1, 0.15) is 0 Å². The Morgan fingerprint density at radius 2 is 2.19 bits per heavy atom. The highest BCUT2D eigenvalue weighted by Crippen LogP contribution is 2.28. The van der Waals surface area contributed by atoms with Gasteiger partial charge in [-0.2, -0.15) is 0 Å². The van der Waals surface area contributed by atoms with Crippen molar-refractivity contribution in [3.8, 4) is 0 Å². The predicted molar refractivity (Wildman–Crippen MR) is 64.0 cm³/mol. The summed E-state index contributed by atoms with van der Waals surface area (Å²) in [6.07, 6.45) is 3.52. The Kier molecular flexibility index (Phi) is 5.22. The van der Waals surface area contributed by atoms with E-state index in [1.807, 2.05) is 20.9 Å². The van der Waals surface area contributed by atoms with Crippen molar-refractivity contribution in [3.63, 3.8) is 0 Å². The molecule has 0 saturated heterocycles. The third-order valence-electron chi connectivity index (χ3n) is 3.23. The van der Waals surface area contributed by atoms with Gasteiger partial charge in [0.25, 0.3) is 0 Å². The maximum atomic E-state index is 11.5. The number of hydrogen-bond acceptors (Lipinski definition) is 4. The quantitative estimate of drug-likeness (QED) is 0.713. The minimum Gasteiger partial charge on any atom is -0.462 e. The number of carbonyl (C=O) groups excluding carboxylic acids is 1. The highest BCUT2D eigenvalue weighted by Gasteiger charge is 2.30. The van der Waals surface area contributed by atoms with E-state index in [1.54, 1.807) is 0 Å². The number of carbonyl (C=O) groups is 1. The first-order valence-electron chi connectivity index (χ1n) is 6.14. The van der Waals surface area contributed by atoms with Crippen molar-refractivity contribution < 1.29 is 9.53 Å². The van der Waals surface area contributed by atoms with Crippen LogP contribution < -0.4 is 5.73 Å². The molecule has 4 heteroatoms. The second-order valence-corrected chi connectivity index (χ2v) is 4.95. The summed E-state index contributed by atoms with van der Waals surface area (Å²) in [7, 11) is 1.99. The molecule has 2 N–H and O–H groups in total. The average molecular weight is 228 g/mol. The molecule has 94 valence electrons. The summed E-state index contributed by atoms with van der Waals surface area (Å²) in [5.74, 6) is 0.400. The lowest BCUT2D eigenvalue weighted by Gasteiger charge is -2.28. The topological polar surface area (TPSA) is 55.6 Å². The Balaban J connectivity index is 2.39. The normalized spacial score (nSPS) is 25.4. The van der Waals surface area contributed by atoms with Crippen LogP contribution in [0.25, 0.3) is 0 Å². The number of ether oxygens (including phenoxy) is 1. The standard InChI is InChI=1S/C12H24N2O2/c1-9(2)16-12(15)8-14(3)11-6-4-5-10(11)7-13/h9-11H,4-8,13H2,1-3H3. The predicted octanol–water partition coefficient (Wildman–Crippen LogP) is 0.997. The average Bonchev–Trinajstić information content (AvgIpc) is 2.63. The van der Waals surface area contributed by atoms with Gasteiger partial charge in [0.05, 0.1) is 12.6 Å². The first-order valence-corrected chi connectivity index (χ1v) is 6.14. The molecule has 1 saturated carbocycles. The van der Waals surface area contributed by atoms with Crippen LogP contribution in [0.5, 0.6) is 0 Å². The van der Waals surface area contributed by atoms with Gasteiger partial charge in [-0.25, -0.2) is 0 Å². The van der Waals surface area contributed by atoms with Crippen molar-refractivity contribution in [2.45, 2.75) is 45.3 Å². The fraction of sp³-hybridized carbons (Fsp3) is 0.917. The molecule has 2 atom stereocenters. The smallest absolute Gasteiger partial charge is 0.320 e. The highest BCUT2D eigenvalue weighted by atomic mass is 16.5. The molecule has 0 bridgehead atoms. The Morgan fingerprint density at radius 1 is 1.50 bits per heavy atom. The molecule has 0 aromatic carbocycles. The van der Waals surface area contributed by atoms with Gasteiger partial charge in [0.2, 0.25) is 0 Å². The SMILES string of the molecule is CC(C)OC(=O)CN(C)C1CCCC1CN. The minimum atomic E-state index is -0.139. The van der Waals surface area contributed by atoms with E-state index in [4.69, 9.17) is 10.5 Å². The van der Waals surface area contributed by atoms with E-state index in [9.17, 15) is 4.79 Å². The molecule has 1 aliphatic rings. The number of nitrogens with zero attached hydrogens (tertiary/aromatic N) is 1. The van der Waals surface area contributed by atoms with Gasteiger partial charge in [-0.05, 0) is 46.2 Å². The lowest BCUT2D eigenvalue weighted by molar-refractivity contribution is -0.149. The summed E-state index contributed by atoms with van der Waals surface area (Å²) in [4.78, 5) is 13.6. The van der Waals surface area contributed by atoms with E-state index >= 15 is 0 Å². The monoisotopic (exact) mass is 228 g/mol. The summed E-state index contributed by atoms with van der Waals surface area (Å²) < 4.78 is 5.14. The Labute approximate surface area is 98.1 Å². The van der Waals surface area contributed by atoms with Crippen LogP contribution in [0.4, 0.5) is 0 Å². The third-order valence-corrected chi connectivity index (χ3v) is 3.23. The minimum absolute atomic E-state index is 0.0326. The lowest BCUT2D eigenvalue weighted by Crippen LogP contribution is -2.41. The molecule has 0 aromatic heterocycles. The molecule has 0 heterocycles. The lowest BCUT2D eigenvalue weighted by atomic mass is 10.0. The van der Waals surface area contributed by atoms with Crippen LogP contribution in [-0.4, -0.2) is 43.2 Å². The molecule has 0 aromatic rings. The van der Waals surface area contributed by atoms with Crippen molar-refractivity contribution in [2.75, 3.05) is 20.1 Å². The van der Waals surface area contributed by atoms with Crippen molar-refractivity contribution in [2.24, 2.45) is 11.7 Å².